The maximum atomic E-state index is 6.15. The van der Waals surface area contributed by atoms with Gasteiger partial charge in [-0.2, -0.15) is 0 Å². The molecule has 30 heavy (non-hydrogen) atoms. The normalized spacial score (nSPS) is 14.7. The summed E-state index contributed by atoms with van der Waals surface area (Å²) in [6.07, 6.45) is 2.37. The first kappa shape index (κ1) is 25.7. The van der Waals surface area contributed by atoms with Gasteiger partial charge in [0.15, 0.2) is 10.9 Å². The van der Waals surface area contributed by atoms with E-state index in [1.54, 1.807) is 23.5 Å². The van der Waals surface area contributed by atoms with Crippen molar-refractivity contribution in [1.82, 2.24) is 9.88 Å². The van der Waals surface area contributed by atoms with Gasteiger partial charge in [0.05, 0.1) is 20.3 Å². The summed E-state index contributed by atoms with van der Waals surface area (Å²) >= 11 is 14.0. The van der Waals surface area contributed by atoms with E-state index in [1.165, 1.54) is 17.5 Å². The molecule has 1 fully saturated rings. The summed E-state index contributed by atoms with van der Waals surface area (Å²) in [5, 5.41) is 5.68. The third-order valence-electron chi connectivity index (χ3n) is 5.12. The molecule has 1 aliphatic heterocycles. The molecule has 2 heterocycles. The van der Waals surface area contributed by atoms with Gasteiger partial charge in [0, 0.05) is 13.1 Å². The first-order valence-electron chi connectivity index (χ1n) is 9.57. The van der Waals surface area contributed by atoms with E-state index in [-0.39, 0.29) is 34.0 Å². The zero-order valence-electron chi connectivity index (χ0n) is 16.4. The molecule has 0 unspecified atom stereocenters. The largest absolute Gasteiger partial charge is 0.489 e. The molecule has 0 aliphatic carbocycles. The highest BCUT2D eigenvalue weighted by molar-refractivity contribution is 8.93. The molecule has 1 N–H and O–H groups in total. The van der Waals surface area contributed by atoms with E-state index in [9.17, 15) is 0 Å². The fourth-order valence-corrected chi connectivity index (χ4v) is 4.87. The third-order valence-corrected chi connectivity index (χ3v) is 6.71. The second kappa shape index (κ2) is 12.5. The lowest BCUT2D eigenvalue weighted by Gasteiger charge is -2.31. The lowest BCUT2D eigenvalue weighted by atomic mass is 9.97. The number of benzene rings is 2. The summed E-state index contributed by atoms with van der Waals surface area (Å²) in [5.74, 6) is 1.27. The van der Waals surface area contributed by atoms with Crippen molar-refractivity contribution < 1.29 is 4.74 Å². The molecule has 4 nitrogen and oxygen atoms in total. The number of thiazole rings is 1. The molecule has 9 heteroatoms. The highest BCUT2D eigenvalue weighted by Gasteiger charge is 2.19. The zero-order chi connectivity index (χ0) is 19.3. The zero-order valence-corrected chi connectivity index (χ0v) is 22.1. The maximum Gasteiger partial charge on any atom is 0.183 e. The number of nitrogens with zero attached hydrogens (tertiary/aromatic N) is 2. The number of halogens is 4. The van der Waals surface area contributed by atoms with E-state index < -0.39 is 0 Å². The van der Waals surface area contributed by atoms with Crippen LogP contribution in [0, 0.1) is 5.92 Å². The molecular formula is C21H25Br2Cl2N3OS. The van der Waals surface area contributed by atoms with E-state index in [0.717, 1.165) is 36.8 Å². The maximum absolute atomic E-state index is 6.15. The number of piperidine rings is 1. The molecule has 164 valence electrons. The number of hydrogen-bond acceptors (Lipinski definition) is 5. The Labute approximate surface area is 212 Å². The predicted octanol–water partition coefficient (Wildman–Crippen LogP) is 6.96. The number of ether oxygens (including phenoxy) is 1. The second-order valence-corrected chi connectivity index (χ2v) is 8.90. The predicted molar refractivity (Wildman–Crippen MR) is 140 cm³/mol. The van der Waals surface area contributed by atoms with Crippen LogP contribution in [-0.4, -0.2) is 42.7 Å². The first-order valence-corrected chi connectivity index (χ1v) is 11.1. The van der Waals surface area contributed by atoms with Crippen LogP contribution < -0.4 is 10.1 Å². The quantitative estimate of drug-likeness (QED) is 0.319. The number of nitrogens with one attached hydrogen (secondary N) is 1. The molecular weight excluding hydrogens is 573 g/mol. The van der Waals surface area contributed by atoms with Crippen LogP contribution in [0.2, 0.25) is 10.0 Å². The minimum Gasteiger partial charge on any atom is -0.489 e. The molecule has 2 aromatic carbocycles. The van der Waals surface area contributed by atoms with Crippen molar-refractivity contribution in [3.8, 4) is 5.75 Å². The number of para-hydroxylation sites is 2. The lowest BCUT2D eigenvalue weighted by Crippen LogP contribution is -2.38. The molecule has 1 aliphatic rings. The van der Waals surface area contributed by atoms with Crippen LogP contribution in [0.5, 0.6) is 5.75 Å². The summed E-state index contributed by atoms with van der Waals surface area (Å²) in [5.41, 5.74) is 1.07. The van der Waals surface area contributed by atoms with Crippen molar-refractivity contribution in [2.45, 2.75) is 12.8 Å². The molecule has 4 rings (SSSR count). The Kier molecular flexibility index (Phi) is 10.7. The van der Waals surface area contributed by atoms with E-state index >= 15 is 0 Å². The lowest BCUT2D eigenvalue weighted by molar-refractivity contribution is 0.158. The van der Waals surface area contributed by atoms with Crippen LogP contribution >= 0.6 is 68.5 Å². The van der Waals surface area contributed by atoms with Gasteiger partial charge in [-0.3, -0.25) is 4.90 Å². The fourth-order valence-electron chi connectivity index (χ4n) is 3.49. The Hall–Kier alpha value is -0.570. The summed E-state index contributed by atoms with van der Waals surface area (Å²) in [6, 6.07) is 13.7. The summed E-state index contributed by atoms with van der Waals surface area (Å²) in [6.45, 7) is 4.65. The Morgan fingerprint density at radius 3 is 2.43 bits per heavy atom. The Balaban J connectivity index is 0.00000160. The van der Waals surface area contributed by atoms with Crippen LogP contribution in [0.1, 0.15) is 12.8 Å². The van der Waals surface area contributed by atoms with Gasteiger partial charge in [0.25, 0.3) is 0 Å². The van der Waals surface area contributed by atoms with Gasteiger partial charge in [-0.05, 0) is 56.1 Å². The highest BCUT2D eigenvalue weighted by Crippen LogP contribution is 2.32. The SMILES string of the molecule is Br.Br.Clc1cccc(Cl)c1OCCN1CCC(CNc2nc3ccccc3s2)CC1. The van der Waals surface area contributed by atoms with E-state index in [0.29, 0.717) is 28.3 Å². The standard InChI is InChI=1S/C21H23Cl2N3OS.2BrH/c22-16-4-3-5-17(23)20(16)27-13-12-26-10-8-15(9-11-26)14-24-21-25-18-6-1-2-7-19(18)28-21;;/h1-7,15H,8-14H2,(H,24,25);2*1H. The minimum absolute atomic E-state index is 0. The Morgan fingerprint density at radius 1 is 1.03 bits per heavy atom. The highest BCUT2D eigenvalue weighted by atomic mass is 79.9. The van der Waals surface area contributed by atoms with Crippen LogP contribution in [0.15, 0.2) is 42.5 Å². The number of rotatable bonds is 7. The number of hydrogen-bond donors (Lipinski definition) is 1. The summed E-state index contributed by atoms with van der Waals surface area (Å²) < 4.78 is 7.04. The van der Waals surface area contributed by atoms with Gasteiger partial charge >= 0.3 is 0 Å². The van der Waals surface area contributed by atoms with Gasteiger partial charge in [-0.15, -0.1) is 34.0 Å². The average Bonchev–Trinajstić information content (AvgIpc) is 3.12. The first-order chi connectivity index (χ1) is 13.7. The fraction of sp³-hybridized carbons (Fsp3) is 0.381. The van der Waals surface area contributed by atoms with Crippen LogP contribution in [0.25, 0.3) is 10.2 Å². The minimum atomic E-state index is 0. The van der Waals surface area contributed by atoms with Crippen molar-refractivity contribution in [3.05, 3.63) is 52.5 Å². The van der Waals surface area contributed by atoms with Gasteiger partial charge in [-0.25, -0.2) is 4.98 Å². The van der Waals surface area contributed by atoms with Crippen molar-refractivity contribution in [2.75, 3.05) is 38.1 Å². The summed E-state index contributed by atoms with van der Waals surface area (Å²) in [4.78, 5) is 7.10. The van der Waals surface area contributed by atoms with Gasteiger partial charge in [0.2, 0.25) is 0 Å². The molecule has 0 spiro atoms. The van der Waals surface area contributed by atoms with Crippen molar-refractivity contribution in [1.29, 1.82) is 0 Å². The molecule has 0 bridgehead atoms. The molecule has 0 saturated carbocycles. The molecule has 1 saturated heterocycles. The van der Waals surface area contributed by atoms with E-state index in [2.05, 4.69) is 33.4 Å². The molecule has 0 radical (unpaired) electrons. The number of fused-ring (bicyclic) bond motifs is 1. The summed E-state index contributed by atoms with van der Waals surface area (Å²) in [7, 11) is 0. The van der Waals surface area contributed by atoms with Gasteiger partial charge < -0.3 is 10.1 Å². The molecule has 0 atom stereocenters. The van der Waals surface area contributed by atoms with Gasteiger partial charge in [-0.1, -0.05) is 52.7 Å². The van der Waals surface area contributed by atoms with Crippen LogP contribution in [0.3, 0.4) is 0 Å². The molecule has 0 amide bonds. The smallest absolute Gasteiger partial charge is 0.183 e. The third kappa shape index (κ3) is 6.71. The van der Waals surface area contributed by atoms with E-state index in [1.807, 2.05) is 12.1 Å². The monoisotopic (exact) mass is 595 g/mol. The number of aromatic nitrogens is 1. The van der Waals surface area contributed by atoms with Gasteiger partial charge in [0.1, 0.15) is 6.61 Å². The molecule has 3 aromatic rings. The Morgan fingerprint density at radius 2 is 1.73 bits per heavy atom. The van der Waals surface area contributed by atoms with Crippen molar-refractivity contribution in [3.63, 3.8) is 0 Å². The second-order valence-electron chi connectivity index (χ2n) is 7.05. The van der Waals surface area contributed by atoms with Crippen LogP contribution in [-0.2, 0) is 0 Å². The molecule has 1 aromatic heterocycles. The number of anilines is 1. The average molecular weight is 598 g/mol. The van der Waals surface area contributed by atoms with Crippen LogP contribution in [0.4, 0.5) is 5.13 Å². The topological polar surface area (TPSA) is 37.4 Å². The Bertz CT molecular complexity index is 882. The van der Waals surface area contributed by atoms with Crippen molar-refractivity contribution >= 4 is 83.8 Å². The number of likely N-dealkylation sites (tertiary alicyclic amines) is 1. The van der Waals surface area contributed by atoms with E-state index in [4.69, 9.17) is 27.9 Å². The van der Waals surface area contributed by atoms with Crippen molar-refractivity contribution in [2.24, 2.45) is 5.92 Å².